The van der Waals surface area contributed by atoms with Gasteiger partial charge >= 0.3 is 0 Å². The van der Waals surface area contributed by atoms with Gasteiger partial charge in [-0.25, -0.2) is 0 Å². The number of hydrogen-bond acceptors (Lipinski definition) is 5. The van der Waals surface area contributed by atoms with Crippen LogP contribution in [-0.2, 0) is 6.42 Å². The second-order valence-electron chi connectivity index (χ2n) is 5.08. The van der Waals surface area contributed by atoms with Crippen molar-refractivity contribution in [1.82, 2.24) is 19.8 Å². The van der Waals surface area contributed by atoms with Gasteiger partial charge in [-0.05, 0) is 43.3 Å². The number of carbonyl (C=O) groups is 1. The van der Waals surface area contributed by atoms with Gasteiger partial charge in [-0.3, -0.25) is 4.79 Å². The predicted molar refractivity (Wildman–Crippen MR) is 69.7 cm³/mol. The van der Waals surface area contributed by atoms with Crippen molar-refractivity contribution in [2.75, 3.05) is 19.6 Å². The lowest BCUT2D eigenvalue weighted by molar-refractivity contribution is 0.0789. The standard InChI is InChI=1S/C12H18N4OS/c1-2-9-11(18-15-14-9)12(17)16-6-8-4-3-5-13-10(8)7-16/h8,10,13H,2-7H2,1H3. The van der Waals surface area contributed by atoms with Crippen molar-refractivity contribution in [3.8, 4) is 0 Å². The Bertz CT molecular complexity index is 433. The molecule has 2 atom stereocenters. The number of fused-ring (bicyclic) bond motifs is 1. The monoisotopic (exact) mass is 266 g/mol. The molecule has 2 aliphatic heterocycles. The number of amides is 1. The molecule has 1 aromatic heterocycles. The summed E-state index contributed by atoms with van der Waals surface area (Å²) in [6.07, 6.45) is 3.24. The molecule has 1 N–H and O–H groups in total. The van der Waals surface area contributed by atoms with E-state index >= 15 is 0 Å². The maximum atomic E-state index is 12.5. The van der Waals surface area contributed by atoms with Crippen LogP contribution in [0.25, 0.3) is 0 Å². The van der Waals surface area contributed by atoms with Crippen LogP contribution >= 0.6 is 11.5 Å². The first-order valence-electron chi connectivity index (χ1n) is 6.63. The molecular weight excluding hydrogens is 248 g/mol. The second kappa shape index (κ2) is 4.93. The molecule has 6 heteroatoms. The van der Waals surface area contributed by atoms with Crippen molar-refractivity contribution in [3.05, 3.63) is 10.6 Å². The molecule has 0 aliphatic carbocycles. The molecule has 18 heavy (non-hydrogen) atoms. The highest BCUT2D eigenvalue weighted by molar-refractivity contribution is 7.08. The summed E-state index contributed by atoms with van der Waals surface area (Å²) in [5.41, 5.74) is 0.841. The number of piperidine rings is 1. The molecule has 5 nitrogen and oxygen atoms in total. The van der Waals surface area contributed by atoms with Gasteiger partial charge in [0, 0.05) is 19.1 Å². The van der Waals surface area contributed by atoms with E-state index in [1.807, 2.05) is 11.8 Å². The lowest BCUT2D eigenvalue weighted by atomic mass is 9.94. The Kier molecular flexibility index (Phi) is 3.30. The van der Waals surface area contributed by atoms with Crippen LogP contribution in [0.15, 0.2) is 0 Å². The quantitative estimate of drug-likeness (QED) is 0.865. The van der Waals surface area contributed by atoms with Crippen molar-refractivity contribution in [1.29, 1.82) is 0 Å². The van der Waals surface area contributed by atoms with Gasteiger partial charge in [0.2, 0.25) is 0 Å². The molecule has 0 saturated carbocycles. The third-order valence-electron chi connectivity index (χ3n) is 3.97. The molecule has 2 fully saturated rings. The van der Waals surface area contributed by atoms with Crippen molar-refractivity contribution < 1.29 is 4.79 Å². The normalized spacial score (nSPS) is 27.3. The minimum Gasteiger partial charge on any atom is -0.336 e. The number of nitrogens with one attached hydrogen (secondary N) is 1. The first-order valence-corrected chi connectivity index (χ1v) is 7.40. The van der Waals surface area contributed by atoms with Crippen LogP contribution in [-0.4, -0.2) is 46.1 Å². The number of aryl methyl sites for hydroxylation is 1. The SMILES string of the molecule is CCc1nnsc1C(=O)N1CC2CCCNC2C1. The maximum Gasteiger partial charge on any atom is 0.267 e. The fourth-order valence-corrected chi connectivity index (χ4v) is 3.68. The molecule has 0 bridgehead atoms. The highest BCUT2D eigenvalue weighted by Gasteiger charge is 2.37. The zero-order valence-corrected chi connectivity index (χ0v) is 11.4. The fraction of sp³-hybridized carbons (Fsp3) is 0.750. The van der Waals surface area contributed by atoms with Crippen LogP contribution in [0.1, 0.15) is 35.1 Å². The van der Waals surface area contributed by atoms with Crippen molar-refractivity contribution >= 4 is 17.4 Å². The van der Waals surface area contributed by atoms with Crippen LogP contribution in [0.5, 0.6) is 0 Å². The van der Waals surface area contributed by atoms with E-state index in [4.69, 9.17) is 0 Å². The summed E-state index contributed by atoms with van der Waals surface area (Å²) in [4.78, 5) is 15.2. The molecule has 3 rings (SSSR count). The summed E-state index contributed by atoms with van der Waals surface area (Å²) in [6.45, 7) is 4.83. The minimum absolute atomic E-state index is 0.123. The van der Waals surface area contributed by atoms with Gasteiger partial charge in [0.1, 0.15) is 4.88 Å². The van der Waals surface area contributed by atoms with Crippen LogP contribution in [0.3, 0.4) is 0 Å². The molecule has 0 spiro atoms. The number of hydrogen-bond donors (Lipinski definition) is 1. The highest BCUT2D eigenvalue weighted by atomic mass is 32.1. The number of aromatic nitrogens is 2. The Morgan fingerprint density at radius 3 is 3.22 bits per heavy atom. The van der Waals surface area contributed by atoms with Gasteiger partial charge in [0.15, 0.2) is 0 Å². The summed E-state index contributed by atoms with van der Waals surface area (Å²) in [5, 5.41) is 7.54. The Balaban J connectivity index is 1.74. The van der Waals surface area contributed by atoms with Crippen molar-refractivity contribution in [3.63, 3.8) is 0 Å². The van der Waals surface area contributed by atoms with Gasteiger partial charge in [0.05, 0.1) is 5.69 Å². The zero-order chi connectivity index (χ0) is 12.5. The molecule has 3 heterocycles. The molecule has 2 saturated heterocycles. The van der Waals surface area contributed by atoms with E-state index in [0.717, 1.165) is 36.6 Å². The fourth-order valence-electron chi connectivity index (χ4n) is 2.96. The average Bonchev–Trinajstić information content (AvgIpc) is 3.03. The van der Waals surface area contributed by atoms with E-state index in [1.165, 1.54) is 24.4 Å². The summed E-state index contributed by atoms with van der Waals surface area (Å²) in [7, 11) is 0. The lowest BCUT2D eigenvalue weighted by Gasteiger charge is -2.24. The minimum atomic E-state index is 0.123. The summed E-state index contributed by atoms with van der Waals surface area (Å²) >= 11 is 1.23. The third-order valence-corrected chi connectivity index (χ3v) is 4.73. The Morgan fingerprint density at radius 2 is 2.44 bits per heavy atom. The second-order valence-corrected chi connectivity index (χ2v) is 5.83. The zero-order valence-electron chi connectivity index (χ0n) is 10.6. The molecule has 0 radical (unpaired) electrons. The van der Waals surface area contributed by atoms with Crippen LogP contribution in [0.2, 0.25) is 0 Å². The van der Waals surface area contributed by atoms with E-state index in [0.29, 0.717) is 12.0 Å². The number of rotatable bonds is 2. The van der Waals surface area contributed by atoms with E-state index in [2.05, 4.69) is 14.9 Å². The summed E-state index contributed by atoms with van der Waals surface area (Å²) in [6, 6.07) is 0.494. The van der Waals surface area contributed by atoms with E-state index in [1.54, 1.807) is 0 Å². The Labute approximate surface area is 111 Å². The molecular formula is C12H18N4OS. The van der Waals surface area contributed by atoms with E-state index in [9.17, 15) is 4.79 Å². The van der Waals surface area contributed by atoms with E-state index in [-0.39, 0.29) is 5.91 Å². The van der Waals surface area contributed by atoms with Crippen LogP contribution in [0.4, 0.5) is 0 Å². The van der Waals surface area contributed by atoms with Gasteiger partial charge in [-0.1, -0.05) is 11.4 Å². The van der Waals surface area contributed by atoms with Gasteiger partial charge in [-0.15, -0.1) is 5.10 Å². The third kappa shape index (κ3) is 2.03. The van der Waals surface area contributed by atoms with Crippen LogP contribution in [0, 0.1) is 5.92 Å². The molecule has 2 unspecified atom stereocenters. The molecule has 1 aromatic rings. The summed E-state index contributed by atoms with van der Waals surface area (Å²) in [5.74, 6) is 0.756. The van der Waals surface area contributed by atoms with Crippen LogP contribution < -0.4 is 5.32 Å². The summed E-state index contributed by atoms with van der Waals surface area (Å²) < 4.78 is 3.90. The number of likely N-dealkylation sites (tertiary alicyclic amines) is 1. The molecule has 98 valence electrons. The van der Waals surface area contributed by atoms with Gasteiger partial charge in [0.25, 0.3) is 5.91 Å². The largest absolute Gasteiger partial charge is 0.336 e. The lowest BCUT2D eigenvalue weighted by Crippen LogP contribution is -2.41. The highest BCUT2D eigenvalue weighted by Crippen LogP contribution is 2.27. The van der Waals surface area contributed by atoms with Gasteiger partial charge in [-0.2, -0.15) is 0 Å². The smallest absolute Gasteiger partial charge is 0.267 e. The topological polar surface area (TPSA) is 58.1 Å². The molecule has 2 aliphatic rings. The Hall–Kier alpha value is -1.01. The van der Waals surface area contributed by atoms with Crippen molar-refractivity contribution in [2.45, 2.75) is 32.2 Å². The van der Waals surface area contributed by atoms with Crippen molar-refractivity contribution in [2.24, 2.45) is 5.92 Å². The number of carbonyl (C=O) groups excluding carboxylic acids is 1. The average molecular weight is 266 g/mol. The first-order chi connectivity index (χ1) is 8.79. The maximum absolute atomic E-state index is 12.5. The number of nitrogens with zero attached hydrogens (tertiary/aromatic N) is 3. The van der Waals surface area contributed by atoms with E-state index < -0.39 is 0 Å². The predicted octanol–water partition coefficient (Wildman–Crippen LogP) is 0.924. The van der Waals surface area contributed by atoms with Gasteiger partial charge < -0.3 is 10.2 Å². The molecule has 1 amide bonds. The Morgan fingerprint density at radius 1 is 1.56 bits per heavy atom. The molecule has 0 aromatic carbocycles. The first kappa shape index (κ1) is 12.0.